The van der Waals surface area contributed by atoms with Crippen LogP contribution in [0.4, 0.5) is 4.39 Å². The van der Waals surface area contributed by atoms with Gasteiger partial charge in [0.15, 0.2) is 0 Å². The van der Waals surface area contributed by atoms with E-state index in [1.54, 1.807) is 35.7 Å². The molecule has 2 heterocycles. The quantitative estimate of drug-likeness (QED) is 0.300. The summed E-state index contributed by atoms with van der Waals surface area (Å²) in [5.74, 6) is 1.11. The molecule has 0 amide bonds. The van der Waals surface area contributed by atoms with Crippen LogP contribution in [0.1, 0.15) is 41.6 Å². The number of carbonyl (C=O) groups is 1. The molecule has 3 aromatic carbocycles. The molecule has 1 unspecified atom stereocenters. The second kappa shape index (κ2) is 9.28. The van der Waals surface area contributed by atoms with Crippen molar-refractivity contribution in [1.29, 1.82) is 0 Å². The maximum absolute atomic E-state index is 14.9. The van der Waals surface area contributed by atoms with Crippen molar-refractivity contribution >= 4 is 17.3 Å². The van der Waals surface area contributed by atoms with Crippen LogP contribution in [0.25, 0.3) is 10.6 Å². The van der Waals surface area contributed by atoms with Crippen LogP contribution in [0.3, 0.4) is 0 Å². The van der Waals surface area contributed by atoms with Crippen molar-refractivity contribution in [2.24, 2.45) is 0 Å². The average molecular weight is 504 g/mol. The summed E-state index contributed by atoms with van der Waals surface area (Å²) in [5.41, 5.74) is 3.20. The fraction of sp³-hybridized carbons (Fsp3) is 0.214. The van der Waals surface area contributed by atoms with Gasteiger partial charge in [0.2, 0.25) is 0 Å². The van der Waals surface area contributed by atoms with Crippen LogP contribution in [-0.2, 0) is 11.2 Å². The van der Waals surface area contributed by atoms with Gasteiger partial charge in [-0.1, -0.05) is 6.07 Å². The van der Waals surface area contributed by atoms with E-state index < -0.39 is 12.1 Å². The first-order chi connectivity index (χ1) is 17.5. The highest BCUT2D eigenvalue weighted by atomic mass is 32.1. The number of thiazole rings is 1. The van der Waals surface area contributed by atoms with Crippen molar-refractivity contribution in [2.45, 2.75) is 31.3 Å². The van der Waals surface area contributed by atoms with Crippen molar-refractivity contribution < 1.29 is 28.5 Å². The number of carboxylic acid groups (broad SMARTS) is 1. The highest BCUT2D eigenvalue weighted by molar-refractivity contribution is 7.13. The third-order valence-electron chi connectivity index (χ3n) is 6.57. The average Bonchev–Trinajstić information content (AvgIpc) is 3.63. The number of aromatic nitrogens is 1. The van der Waals surface area contributed by atoms with E-state index in [-0.39, 0.29) is 18.2 Å². The first kappa shape index (κ1) is 22.5. The molecule has 8 heteroatoms. The molecule has 2 aliphatic rings. The van der Waals surface area contributed by atoms with E-state index in [1.165, 1.54) is 6.07 Å². The van der Waals surface area contributed by atoms with Crippen molar-refractivity contribution in [2.75, 3.05) is 6.61 Å². The molecule has 0 radical (unpaired) electrons. The molecular weight excluding hydrogens is 481 g/mol. The molecule has 182 valence electrons. The summed E-state index contributed by atoms with van der Waals surface area (Å²) in [4.78, 5) is 15.4. The summed E-state index contributed by atoms with van der Waals surface area (Å²) in [6.45, 7) is 0.331. The van der Waals surface area contributed by atoms with Crippen LogP contribution < -0.4 is 14.2 Å². The summed E-state index contributed by atoms with van der Waals surface area (Å²) in [6.07, 6.45) is 2.59. The molecule has 0 spiro atoms. The normalized spacial score (nSPS) is 17.8. The summed E-state index contributed by atoms with van der Waals surface area (Å²) < 4.78 is 33.0. The Morgan fingerprint density at radius 1 is 1.14 bits per heavy atom. The number of halogens is 1. The fourth-order valence-electron chi connectivity index (χ4n) is 4.89. The van der Waals surface area contributed by atoms with Gasteiger partial charge in [-0.2, -0.15) is 0 Å². The second-order valence-corrected chi connectivity index (χ2v) is 9.75. The lowest BCUT2D eigenvalue weighted by Gasteiger charge is -2.17. The van der Waals surface area contributed by atoms with Gasteiger partial charge in [0.1, 0.15) is 39.9 Å². The van der Waals surface area contributed by atoms with E-state index >= 15 is 0 Å². The van der Waals surface area contributed by atoms with Crippen LogP contribution in [0, 0.1) is 5.82 Å². The number of nitrogens with zero attached hydrogens (tertiary/aromatic N) is 1. The molecule has 0 bridgehead atoms. The zero-order valence-electron chi connectivity index (χ0n) is 19.1. The van der Waals surface area contributed by atoms with E-state index in [1.807, 2.05) is 35.7 Å². The number of hydrogen-bond donors (Lipinski definition) is 1. The van der Waals surface area contributed by atoms with Gasteiger partial charge in [-0.05, 0) is 55.3 Å². The Morgan fingerprint density at radius 3 is 2.75 bits per heavy atom. The van der Waals surface area contributed by atoms with E-state index in [2.05, 4.69) is 4.98 Å². The van der Waals surface area contributed by atoms with Gasteiger partial charge in [0.25, 0.3) is 0 Å². The summed E-state index contributed by atoms with van der Waals surface area (Å²) >= 11 is 1.57. The molecule has 2 atom stereocenters. The Hall–Kier alpha value is -3.91. The Kier molecular flexibility index (Phi) is 5.81. The smallest absolute Gasteiger partial charge is 0.304 e. The molecule has 1 N–H and O–H groups in total. The van der Waals surface area contributed by atoms with Crippen molar-refractivity contribution in [3.8, 4) is 33.6 Å². The summed E-state index contributed by atoms with van der Waals surface area (Å²) in [7, 11) is 0. The predicted molar refractivity (Wildman–Crippen MR) is 133 cm³/mol. The SMILES string of the molecule is O=C(O)CC1COc2cc(O[C@@H]3CCc4c(Oc5ccc(-c6nccs6)cc5)ccc(F)c43)ccc21. The minimum atomic E-state index is -0.858. The predicted octanol–water partition coefficient (Wildman–Crippen LogP) is 6.76. The third kappa shape index (κ3) is 4.28. The lowest BCUT2D eigenvalue weighted by molar-refractivity contribution is -0.137. The number of carboxylic acids is 1. The maximum Gasteiger partial charge on any atom is 0.304 e. The monoisotopic (exact) mass is 503 g/mol. The summed E-state index contributed by atoms with van der Waals surface area (Å²) in [5, 5.41) is 12.0. The third-order valence-corrected chi connectivity index (χ3v) is 7.39. The highest BCUT2D eigenvalue weighted by Gasteiger charge is 2.32. The number of fused-ring (bicyclic) bond motifs is 2. The van der Waals surface area contributed by atoms with Crippen LogP contribution in [0.2, 0.25) is 0 Å². The van der Waals surface area contributed by atoms with Crippen LogP contribution in [0.15, 0.2) is 66.2 Å². The van der Waals surface area contributed by atoms with E-state index in [0.717, 1.165) is 21.7 Å². The van der Waals surface area contributed by atoms with E-state index in [9.17, 15) is 9.18 Å². The minimum absolute atomic E-state index is 0.0187. The van der Waals surface area contributed by atoms with Crippen LogP contribution >= 0.6 is 11.3 Å². The van der Waals surface area contributed by atoms with Gasteiger partial charge < -0.3 is 19.3 Å². The molecule has 36 heavy (non-hydrogen) atoms. The molecule has 0 saturated heterocycles. The molecule has 6 rings (SSSR count). The minimum Gasteiger partial charge on any atom is -0.492 e. The number of hydrogen-bond acceptors (Lipinski definition) is 6. The highest BCUT2D eigenvalue weighted by Crippen LogP contribution is 2.44. The molecule has 0 saturated carbocycles. The molecule has 0 fully saturated rings. The van der Waals surface area contributed by atoms with Crippen molar-refractivity contribution in [3.63, 3.8) is 0 Å². The number of aliphatic carboxylic acids is 1. The van der Waals surface area contributed by atoms with Gasteiger partial charge in [0, 0.05) is 45.8 Å². The van der Waals surface area contributed by atoms with Gasteiger partial charge >= 0.3 is 5.97 Å². The second-order valence-electron chi connectivity index (χ2n) is 8.85. The number of ether oxygens (including phenoxy) is 3. The molecule has 1 aliphatic carbocycles. The number of rotatable bonds is 7. The Bertz CT molecular complexity index is 1420. The fourth-order valence-corrected chi connectivity index (χ4v) is 5.53. The standard InChI is InChI=1S/C28H22FNO5S/c29-22-8-10-23(34-18-3-1-16(2-4-18)28-30-11-12-36-28)21-7-9-24(27(21)22)35-19-5-6-20-17(13-26(31)32)15-33-25(20)14-19/h1-6,8,10-12,14,17,24H,7,9,13,15H2,(H,31,32)/t17?,24-/m1/s1. The first-order valence-electron chi connectivity index (χ1n) is 11.7. The van der Waals surface area contributed by atoms with Crippen LogP contribution in [0.5, 0.6) is 23.0 Å². The van der Waals surface area contributed by atoms with Crippen molar-refractivity contribution in [1.82, 2.24) is 4.98 Å². The zero-order valence-corrected chi connectivity index (χ0v) is 20.0. The topological polar surface area (TPSA) is 77.9 Å². The lowest BCUT2D eigenvalue weighted by atomic mass is 9.98. The Morgan fingerprint density at radius 2 is 1.97 bits per heavy atom. The van der Waals surface area contributed by atoms with Crippen LogP contribution in [-0.4, -0.2) is 22.7 Å². The molecule has 4 aromatic rings. The van der Waals surface area contributed by atoms with E-state index in [4.69, 9.17) is 19.3 Å². The lowest BCUT2D eigenvalue weighted by Crippen LogP contribution is -2.07. The maximum atomic E-state index is 14.9. The first-order valence-corrected chi connectivity index (χ1v) is 12.6. The van der Waals surface area contributed by atoms with Gasteiger partial charge in [-0.3, -0.25) is 4.79 Å². The Balaban J connectivity index is 1.20. The molecule has 6 nitrogen and oxygen atoms in total. The largest absolute Gasteiger partial charge is 0.492 e. The summed E-state index contributed by atoms with van der Waals surface area (Å²) in [6, 6.07) is 16.2. The van der Waals surface area contributed by atoms with Crippen molar-refractivity contribution in [3.05, 3.63) is 88.7 Å². The number of benzene rings is 3. The van der Waals surface area contributed by atoms with E-state index in [0.29, 0.717) is 48.0 Å². The van der Waals surface area contributed by atoms with Gasteiger partial charge in [0.05, 0.1) is 13.0 Å². The molecular formula is C28H22FNO5S. The zero-order chi connectivity index (χ0) is 24.6. The Labute approximate surface area is 210 Å². The van der Waals surface area contributed by atoms with Gasteiger partial charge in [-0.15, -0.1) is 11.3 Å². The van der Waals surface area contributed by atoms with Gasteiger partial charge in [-0.25, -0.2) is 9.37 Å². The molecule has 1 aliphatic heterocycles. The molecule has 1 aromatic heterocycles.